The van der Waals surface area contributed by atoms with Gasteiger partial charge < -0.3 is 9.84 Å². The van der Waals surface area contributed by atoms with Crippen LogP contribution in [0.2, 0.25) is 0 Å². The summed E-state index contributed by atoms with van der Waals surface area (Å²) in [6.07, 6.45) is 2.91. The van der Waals surface area contributed by atoms with Crippen molar-refractivity contribution in [1.29, 1.82) is 0 Å². The summed E-state index contributed by atoms with van der Waals surface area (Å²) in [7, 11) is 0. The molecule has 0 atom stereocenters. The van der Waals surface area contributed by atoms with Gasteiger partial charge in [-0.3, -0.25) is 0 Å². The Balaban J connectivity index is 2.77. The van der Waals surface area contributed by atoms with E-state index in [2.05, 4.69) is 0 Å². The van der Waals surface area contributed by atoms with Gasteiger partial charge in [0, 0.05) is 0 Å². The van der Waals surface area contributed by atoms with Crippen LogP contribution in [-0.2, 0) is 4.74 Å². The van der Waals surface area contributed by atoms with Crippen LogP contribution in [-0.4, -0.2) is 11.1 Å². The van der Waals surface area contributed by atoms with Crippen LogP contribution in [0.25, 0.3) is 0 Å². The van der Waals surface area contributed by atoms with Crippen LogP contribution in [0.15, 0.2) is 36.6 Å². The molecule has 13 heavy (non-hydrogen) atoms. The number of ether oxygens (including phenoxy) is 1. The van der Waals surface area contributed by atoms with E-state index in [1.54, 1.807) is 25.1 Å². The van der Waals surface area contributed by atoms with E-state index in [0.717, 1.165) is 0 Å². The van der Waals surface area contributed by atoms with E-state index in [9.17, 15) is 4.79 Å². The maximum Gasteiger partial charge on any atom is 0.343 e. The van der Waals surface area contributed by atoms with Crippen LogP contribution in [0.3, 0.4) is 0 Å². The summed E-state index contributed by atoms with van der Waals surface area (Å²) in [5, 5.41) is 9.06. The molecular weight excluding hydrogens is 168 g/mol. The Labute approximate surface area is 76.3 Å². The second-order valence-electron chi connectivity index (χ2n) is 2.43. The lowest BCUT2D eigenvalue weighted by Gasteiger charge is -1.98. The average Bonchev–Trinajstić information content (AvgIpc) is 2.14. The molecule has 0 fully saturated rings. The van der Waals surface area contributed by atoms with Crippen LogP contribution in [0.4, 0.5) is 0 Å². The Kier molecular flexibility index (Phi) is 3.09. The molecule has 1 aromatic rings. The molecule has 0 aliphatic heterocycles. The fraction of sp³-hybridized carbons (Fsp3) is 0.100. The topological polar surface area (TPSA) is 46.5 Å². The van der Waals surface area contributed by atoms with Crippen LogP contribution in [0.5, 0.6) is 5.75 Å². The third kappa shape index (κ3) is 2.63. The van der Waals surface area contributed by atoms with Gasteiger partial charge in [-0.1, -0.05) is 12.1 Å². The average molecular weight is 178 g/mol. The molecule has 0 heterocycles. The van der Waals surface area contributed by atoms with Gasteiger partial charge in [-0.15, -0.1) is 0 Å². The SMILES string of the molecule is C/C=C/OC(=O)c1cccc(O)c1. The lowest BCUT2D eigenvalue weighted by molar-refractivity contribution is 0.0662. The number of aromatic hydroxyl groups is 1. The molecule has 1 aromatic carbocycles. The van der Waals surface area contributed by atoms with Gasteiger partial charge in [0.1, 0.15) is 5.75 Å². The van der Waals surface area contributed by atoms with Crippen LogP contribution in [0.1, 0.15) is 17.3 Å². The van der Waals surface area contributed by atoms with Gasteiger partial charge >= 0.3 is 5.97 Å². The summed E-state index contributed by atoms with van der Waals surface area (Å²) in [6, 6.07) is 6.01. The first-order chi connectivity index (χ1) is 6.24. The van der Waals surface area contributed by atoms with Gasteiger partial charge in [-0.2, -0.15) is 0 Å². The van der Waals surface area contributed by atoms with Crippen molar-refractivity contribution in [3.8, 4) is 5.75 Å². The number of phenolic OH excluding ortho intramolecular Hbond substituents is 1. The van der Waals surface area contributed by atoms with Crippen molar-refractivity contribution in [2.75, 3.05) is 0 Å². The Morgan fingerprint density at radius 2 is 2.31 bits per heavy atom. The zero-order valence-electron chi connectivity index (χ0n) is 7.23. The van der Waals surface area contributed by atoms with E-state index < -0.39 is 5.97 Å². The predicted octanol–water partition coefficient (Wildman–Crippen LogP) is 2.08. The summed E-state index contributed by atoms with van der Waals surface area (Å²) in [5.41, 5.74) is 0.332. The van der Waals surface area contributed by atoms with E-state index in [1.807, 2.05) is 0 Å². The fourth-order valence-electron chi connectivity index (χ4n) is 0.831. The highest BCUT2D eigenvalue weighted by atomic mass is 16.5. The molecule has 0 aromatic heterocycles. The molecule has 1 N–H and O–H groups in total. The van der Waals surface area contributed by atoms with E-state index >= 15 is 0 Å². The first-order valence-corrected chi connectivity index (χ1v) is 3.85. The smallest absolute Gasteiger partial charge is 0.343 e. The normalized spacial score (nSPS) is 10.2. The molecular formula is C10H10O3. The summed E-state index contributed by atoms with van der Waals surface area (Å²) in [4.78, 5) is 11.2. The van der Waals surface area contributed by atoms with Crippen molar-refractivity contribution < 1.29 is 14.6 Å². The first kappa shape index (κ1) is 9.32. The van der Waals surface area contributed by atoms with Gasteiger partial charge in [-0.05, 0) is 25.1 Å². The summed E-state index contributed by atoms with van der Waals surface area (Å²) >= 11 is 0. The number of allylic oxidation sites excluding steroid dienone is 1. The van der Waals surface area contributed by atoms with Crippen LogP contribution < -0.4 is 0 Å². The minimum absolute atomic E-state index is 0.0509. The lowest BCUT2D eigenvalue weighted by Crippen LogP contribution is -1.99. The number of hydrogen-bond acceptors (Lipinski definition) is 3. The second kappa shape index (κ2) is 4.30. The van der Waals surface area contributed by atoms with E-state index in [4.69, 9.17) is 9.84 Å². The molecule has 68 valence electrons. The molecule has 0 unspecified atom stereocenters. The Morgan fingerprint density at radius 3 is 2.92 bits per heavy atom. The van der Waals surface area contributed by atoms with Crippen molar-refractivity contribution in [1.82, 2.24) is 0 Å². The summed E-state index contributed by atoms with van der Waals surface area (Å²) < 4.78 is 4.70. The highest BCUT2D eigenvalue weighted by Crippen LogP contribution is 2.11. The Bertz CT molecular complexity index is 329. The van der Waals surface area contributed by atoms with Crippen LogP contribution in [0, 0.1) is 0 Å². The number of rotatable bonds is 2. The number of benzene rings is 1. The highest BCUT2D eigenvalue weighted by molar-refractivity contribution is 5.90. The number of phenols is 1. The Hall–Kier alpha value is -1.77. The number of hydrogen-bond donors (Lipinski definition) is 1. The van der Waals surface area contributed by atoms with Gasteiger partial charge in [0.2, 0.25) is 0 Å². The fourth-order valence-corrected chi connectivity index (χ4v) is 0.831. The highest BCUT2D eigenvalue weighted by Gasteiger charge is 2.05. The molecule has 0 radical (unpaired) electrons. The van der Waals surface area contributed by atoms with Crippen molar-refractivity contribution in [3.05, 3.63) is 42.2 Å². The first-order valence-electron chi connectivity index (χ1n) is 3.85. The molecule has 0 saturated heterocycles. The third-order valence-electron chi connectivity index (χ3n) is 1.39. The van der Waals surface area contributed by atoms with E-state index in [1.165, 1.54) is 18.4 Å². The molecule has 0 amide bonds. The maximum absolute atomic E-state index is 11.2. The summed E-state index contributed by atoms with van der Waals surface area (Å²) in [5.74, 6) is -0.427. The molecule has 0 aliphatic rings. The molecule has 0 saturated carbocycles. The van der Waals surface area contributed by atoms with Gasteiger partial charge in [0.25, 0.3) is 0 Å². The summed E-state index contributed by atoms with van der Waals surface area (Å²) in [6.45, 7) is 1.75. The molecule has 3 nitrogen and oxygen atoms in total. The largest absolute Gasteiger partial charge is 0.508 e. The number of carbonyl (C=O) groups is 1. The number of esters is 1. The van der Waals surface area contributed by atoms with E-state index in [-0.39, 0.29) is 5.75 Å². The van der Waals surface area contributed by atoms with Crippen molar-refractivity contribution in [2.45, 2.75) is 6.92 Å². The monoisotopic (exact) mass is 178 g/mol. The minimum Gasteiger partial charge on any atom is -0.508 e. The van der Waals surface area contributed by atoms with Crippen LogP contribution >= 0.6 is 0 Å². The van der Waals surface area contributed by atoms with Crippen molar-refractivity contribution in [3.63, 3.8) is 0 Å². The van der Waals surface area contributed by atoms with Gasteiger partial charge in [-0.25, -0.2) is 4.79 Å². The molecule has 0 bridgehead atoms. The van der Waals surface area contributed by atoms with Gasteiger partial charge in [0.15, 0.2) is 0 Å². The predicted molar refractivity (Wildman–Crippen MR) is 48.3 cm³/mol. The zero-order valence-corrected chi connectivity index (χ0v) is 7.23. The minimum atomic E-state index is -0.478. The van der Waals surface area contributed by atoms with Crippen molar-refractivity contribution in [2.24, 2.45) is 0 Å². The molecule has 0 spiro atoms. The molecule has 3 heteroatoms. The van der Waals surface area contributed by atoms with Crippen molar-refractivity contribution >= 4 is 5.97 Å². The molecule has 0 aliphatic carbocycles. The molecule has 1 rings (SSSR count). The quantitative estimate of drug-likeness (QED) is 0.557. The third-order valence-corrected chi connectivity index (χ3v) is 1.39. The Morgan fingerprint density at radius 1 is 1.54 bits per heavy atom. The maximum atomic E-state index is 11.2. The van der Waals surface area contributed by atoms with Gasteiger partial charge in [0.05, 0.1) is 11.8 Å². The second-order valence-corrected chi connectivity index (χ2v) is 2.43. The standard InChI is InChI=1S/C10H10O3/c1-2-6-13-10(12)8-4-3-5-9(11)7-8/h2-7,11H,1H3/b6-2+. The zero-order chi connectivity index (χ0) is 9.68. The van der Waals surface area contributed by atoms with E-state index in [0.29, 0.717) is 5.56 Å². The number of carbonyl (C=O) groups excluding carboxylic acids is 1. The lowest BCUT2D eigenvalue weighted by atomic mass is 10.2.